The molecule has 3 heterocycles. The summed E-state index contributed by atoms with van der Waals surface area (Å²) >= 11 is 0. The van der Waals surface area contributed by atoms with Crippen LogP contribution in [0.4, 0.5) is 11.4 Å². The van der Waals surface area contributed by atoms with E-state index in [2.05, 4.69) is 47.6 Å². The zero-order valence-corrected chi connectivity index (χ0v) is 25.9. The third kappa shape index (κ3) is 9.07. The van der Waals surface area contributed by atoms with Crippen LogP contribution >= 0.6 is 0 Å². The summed E-state index contributed by atoms with van der Waals surface area (Å²) in [5, 5.41) is 11.8. The van der Waals surface area contributed by atoms with Crippen molar-refractivity contribution in [2.45, 2.75) is 38.8 Å². The third-order valence-corrected chi connectivity index (χ3v) is 7.49. The molecule has 0 radical (unpaired) electrons. The standard InChI is InChI=1S/C31H45N9O4/c1-5-12-33-30(42)24-20-34-31(38-29(24)37-27(32)8-9-28(41)35-21(2)3)36-22-6-7-25(26(19-22)43-4)40-13-10-23(11-14-40)39-15-17-44-18-16-39/h5-9,19,21,23H,1,10-18,20H2,2-4H3,(H2,32,37)(H,33,42)(H,35,41)(H2,34,36,38)/b9-8-. The van der Waals surface area contributed by atoms with Crippen LogP contribution in [0.2, 0.25) is 0 Å². The van der Waals surface area contributed by atoms with Crippen molar-refractivity contribution in [1.82, 2.24) is 20.9 Å². The van der Waals surface area contributed by atoms with Crippen LogP contribution < -0.4 is 36.6 Å². The van der Waals surface area contributed by atoms with Gasteiger partial charge >= 0.3 is 0 Å². The third-order valence-electron chi connectivity index (χ3n) is 7.49. The molecule has 13 nitrogen and oxygen atoms in total. The second kappa shape index (κ2) is 15.9. The molecule has 238 valence electrons. The molecular formula is C31H45N9O4. The largest absolute Gasteiger partial charge is 0.495 e. The lowest BCUT2D eigenvalue weighted by Crippen LogP contribution is -2.49. The molecule has 0 spiro atoms. The van der Waals surface area contributed by atoms with Gasteiger partial charge in [0.2, 0.25) is 11.9 Å². The number of carbonyl (C=O) groups excluding carboxylic acids is 2. The minimum Gasteiger partial charge on any atom is -0.495 e. The molecule has 4 rings (SSSR count). The molecule has 2 saturated heterocycles. The monoisotopic (exact) mass is 607 g/mol. The highest BCUT2D eigenvalue weighted by atomic mass is 16.5. The summed E-state index contributed by atoms with van der Waals surface area (Å²) in [6, 6.07) is 6.52. The summed E-state index contributed by atoms with van der Waals surface area (Å²) in [6.45, 7) is 13.3. The van der Waals surface area contributed by atoms with Crippen molar-refractivity contribution in [3.05, 3.63) is 54.4 Å². The van der Waals surface area contributed by atoms with Gasteiger partial charge in [-0.1, -0.05) is 6.08 Å². The number of ether oxygens (including phenoxy) is 2. The lowest BCUT2D eigenvalue weighted by Gasteiger charge is -2.41. The van der Waals surface area contributed by atoms with Gasteiger partial charge in [-0.15, -0.1) is 6.58 Å². The first-order valence-electron chi connectivity index (χ1n) is 15.1. The summed E-state index contributed by atoms with van der Waals surface area (Å²) < 4.78 is 11.3. The van der Waals surface area contributed by atoms with Gasteiger partial charge < -0.3 is 41.4 Å². The summed E-state index contributed by atoms with van der Waals surface area (Å²) in [5.74, 6) is 0.766. The summed E-state index contributed by atoms with van der Waals surface area (Å²) in [6.07, 6.45) is 6.47. The molecule has 13 heteroatoms. The molecule has 44 heavy (non-hydrogen) atoms. The van der Waals surface area contributed by atoms with Crippen LogP contribution in [-0.2, 0) is 14.3 Å². The van der Waals surface area contributed by atoms with E-state index in [1.54, 1.807) is 13.2 Å². The number of guanidine groups is 1. The number of methoxy groups -OCH3 is 1. The van der Waals surface area contributed by atoms with Crippen molar-refractivity contribution in [1.29, 1.82) is 0 Å². The summed E-state index contributed by atoms with van der Waals surface area (Å²) in [7, 11) is 1.67. The zero-order valence-electron chi connectivity index (χ0n) is 25.9. The number of rotatable bonds is 11. The predicted octanol–water partition coefficient (Wildman–Crippen LogP) is 1.32. The van der Waals surface area contributed by atoms with Crippen molar-refractivity contribution in [2.75, 3.05) is 69.8 Å². The van der Waals surface area contributed by atoms with E-state index in [4.69, 9.17) is 15.2 Å². The normalized spacial score (nSPS) is 18.6. The van der Waals surface area contributed by atoms with E-state index in [0.717, 1.165) is 69.4 Å². The van der Waals surface area contributed by atoms with Crippen LogP contribution in [-0.4, -0.2) is 100 Å². The van der Waals surface area contributed by atoms with Crippen LogP contribution in [0.25, 0.3) is 0 Å². The van der Waals surface area contributed by atoms with Crippen molar-refractivity contribution in [2.24, 2.45) is 15.7 Å². The van der Waals surface area contributed by atoms with E-state index in [1.165, 1.54) is 12.2 Å². The van der Waals surface area contributed by atoms with E-state index < -0.39 is 0 Å². The van der Waals surface area contributed by atoms with Gasteiger partial charge in [-0.3, -0.25) is 14.5 Å². The van der Waals surface area contributed by atoms with Crippen molar-refractivity contribution in [3.8, 4) is 5.75 Å². The number of nitrogens with one attached hydrogen (secondary N) is 4. The van der Waals surface area contributed by atoms with Crippen molar-refractivity contribution >= 4 is 35.0 Å². The maximum absolute atomic E-state index is 12.8. The van der Waals surface area contributed by atoms with Gasteiger partial charge in [-0.25, -0.2) is 9.98 Å². The molecule has 3 aliphatic rings. The number of piperidine rings is 1. The predicted molar refractivity (Wildman–Crippen MR) is 174 cm³/mol. The minimum atomic E-state index is -0.350. The number of carbonyl (C=O) groups is 2. The minimum absolute atomic E-state index is 0.0155. The quantitative estimate of drug-likeness (QED) is 0.108. The van der Waals surface area contributed by atoms with E-state index in [-0.39, 0.29) is 42.6 Å². The maximum Gasteiger partial charge on any atom is 0.253 e. The van der Waals surface area contributed by atoms with Crippen LogP contribution in [0.15, 0.2) is 64.4 Å². The van der Waals surface area contributed by atoms with Gasteiger partial charge in [0.25, 0.3) is 5.91 Å². The molecule has 0 atom stereocenters. The fraction of sp³-hybridized carbons (Fsp3) is 0.484. The van der Waals surface area contributed by atoms with Gasteiger partial charge in [0.15, 0.2) is 0 Å². The molecule has 2 fully saturated rings. The van der Waals surface area contributed by atoms with Gasteiger partial charge in [-0.2, -0.15) is 0 Å². The number of nitrogens with two attached hydrogens (primary N) is 1. The number of anilines is 2. The molecule has 0 aliphatic carbocycles. The first kappa shape index (κ1) is 32.6. The van der Waals surface area contributed by atoms with Crippen molar-refractivity contribution < 1.29 is 19.1 Å². The molecule has 1 aromatic carbocycles. The highest BCUT2D eigenvalue weighted by Gasteiger charge is 2.27. The van der Waals surface area contributed by atoms with E-state index in [0.29, 0.717) is 17.6 Å². The topological polar surface area (TPSA) is 158 Å². The Morgan fingerprint density at radius 1 is 1.23 bits per heavy atom. The van der Waals surface area contributed by atoms with Gasteiger partial charge in [-0.05, 0) is 44.9 Å². The Morgan fingerprint density at radius 3 is 2.66 bits per heavy atom. The Kier molecular flexibility index (Phi) is 11.8. The van der Waals surface area contributed by atoms with Crippen LogP contribution in [0.1, 0.15) is 26.7 Å². The number of aliphatic imine (C=N–C) groups is 2. The number of hydrogen-bond acceptors (Lipinski definition) is 10. The summed E-state index contributed by atoms with van der Waals surface area (Å²) in [5.41, 5.74) is 8.19. The number of morpholine rings is 1. The summed E-state index contributed by atoms with van der Waals surface area (Å²) in [4.78, 5) is 38.6. The average molecular weight is 608 g/mol. The first-order valence-corrected chi connectivity index (χ1v) is 15.1. The second-order valence-corrected chi connectivity index (χ2v) is 11.0. The Bertz CT molecular complexity index is 1310. The molecular weight excluding hydrogens is 562 g/mol. The SMILES string of the molecule is C=CCNC(=O)C1=C(N=C(N)/C=C\C(=O)NC(C)C)NC(Nc2ccc(N3CCC(N4CCOCC4)CC3)c(OC)c2)=NC1. The van der Waals surface area contributed by atoms with E-state index in [1.807, 2.05) is 32.0 Å². The lowest BCUT2D eigenvalue weighted by molar-refractivity contribution is -0.118. The number of hydrogen-bond donors (Lipinski definition) is 5. The van der Waals surface area contributed by atoms with Crippen LogP contribution in [0, 0.1) is 0 Å². The fourth-order valence-corrected chi connectivity index (χ4v) is 5.31. The maximum atomic E-state index is 12.8. The van der Waals surface area contributed by atoms with Gasteiger partial charge in [0, 0.05) is 62.6 Å². The van der Waals surface area contributed by atoms with Gasteiger partial charge in [0.1, 0.15) is 17.4 Å². The smallest absolute Gasteiger partial charge is 0.253 e. The van der Waals surface area contributed by atoms with Crippen LogP contribution in [0.3, 0.4) is 0 Å². The van der Waals surface area contributed by atoms with E-state index in [9.17, 15) is 9.59 Å². The highest BCUT2D eigenvalue weighted by Crippen LogP contribution is 2.34. The number of amidine groups is 1. The average Bonchev–Trinajstić information content (AvgIpc) is 3.03. The molecule has 2 amide bonds. The van der Waals surface area contributed by atoms with Crippen molar-refractivity contribution in [3.63, 3.8) is 0 Å². The number of nitrogens with zero attached hydrogens (tertiary/aromatic N) is 4. The van der Waals surface area contributed by atoms with Gasteiger partial charge in [0.05, 0.1) is 38.1 Å². The molecule has 1 aromatic rings. The molecule has 6 N–H and O–H groups in total. The molecule has 0 unspecified atom stereocenters. The second-order valence-electron chi connectivity index (χ2n) is 11.0. The molecule has 0 bridgehead atoms. The molecule has 0 aromatic heterocycles. The molecule has 0 saturated carbocycles. The number of amides is 2. The van der Waals surface area contributed by atoms with E-state index >= 15 is 0 Å². The molecule has 3 aliphatic heterocycles. The Morgan fingerprint density at radius 2 is 1.98 bits per heavy atom. The van der Waals surface area contributed by atoms with Crippen LogP contribution in [0.5, 0.6) is 5.75 Å². The highest BCUT2D eigenvalue weighted by molar-refractivity contribution is 6.03. The Hall–Kier alpha value is -4.36. The number of benzene rings is 1. The fourth-order valence-electron chi connectivity index (χ4n) is 5.31. The Balaban J connectivity index is 1.44. The first-order chi connectivity index (χ1) is 21.3. The lowest BCUT2D eigenvalue weighted by atomic mass is 10.0. The zero-order chi connectivity index (χ0) is 31.5. The Labute approximate surface area is 259 Å².